The second-order valence-electron chi connectivity index (χ2n) is 4.16. The Morgan fingerprint density at radius 1 is 1.42 bits per heavy atom. The predicted octanol–water partition coefficient (Wildman–Crippen LogP) is 1.49. The largest absolute Gasteiger partial charge is 0.497 e. The molecular formula is C14H22N2O3. The van der Waals surface area contributed by atoms with Crippen molar-refractivity contribution in [2.45, 2.75) is 19.9 Å². The first kappa shape index (κ1) is 15.3. The number of ether oxygens (including phenoxy) is 2. The number of hydrogen-bond donors (Lipinski definition) is 2. The molecule has 2 N–H and O–H groups in total. The van der Waals surface area contributed by atoms with Gasteiger partial charge in [0.05, 0.1) is 7.11 Å². The minimum Gasteiger partial charge on any atom is -0.497 e. The van der Waals surface area contributed by atoms with Crippen LogP contribution in [0.15, 0.2) is 18.2 Å². The highest BCUT2D eigenvalue weighted by molar-refractivity contribution is 5.77. The molecule has 0 bridgehead atoms. The van der Waals surface area contributed by atoms with Gasteiger partial charge in [-0.05, 0) is 27.0 Å². The van der Waals surface area contributed by atoms with Crippen LogP contribution in [-0.2, 0) is 4.79 Å². The SMILES string of the molecule is CCNC(=O)COc1cc(OC)ccc1C(C)NC. The van der Waals surface area contributed by atoms with Crippen LogP contribution < -0.4 is 20.1 Å². The summed E-state index contributed by atoms with van der Waals surface area (Å²) in [5, 5.41) is 5.85. The van der Waals surface area contributed by atoms with Crippen LogP contribution in [0.3, 0.4) is 0 Å². The lowest BCUT2D eigenvalue weighted by molar-refractivity contribution is -0.123. The Balaban J connectivity index is 2.85. The summed E-state index contributed by atoms with van der Waals surface area (Å²) >= 11 is 0. The van der Waals surface area contributed by atoms with Crippen molar-refractivity contribution < 1.29 is 14.3 Å². The molecule has 0 saturated carbocycles. The summed E-state index contributed by atoms with van der Waals surface area (Å²) in [5.41, 5.74) is 0.993. The van der Waals surface area contributed by atoms with Gasteiger partial charge in [-0.25, -0.2) is 0 Å². The van der Waals surface area contributed by atoms with Crippen LogP contribution in [0.4, 0.5) is 0 Å². The van der Waals surface area contributed by atoms with Crippen molar-refractivity contribution in [2.75, 3.05) is 27.3 Å². The van der Waals surface area contributed by atoms with Crippen LogP contribution in [0.5, 0.6) is 11.5 Å². The summed E-state index contributed by atoms with van der Waals surface area (Å²) < 4.78 is 10.8. The molecule has 0 aromatic heterocycles. The molecule has 0 radical (unpaired) electrons. The first-order valence-electron chi connectivity index (χ1n) is 6.37. The first-order valence-corrected chi connectivity index (χ1v) is 6.37. The van der Waals surface area contributed by atoms with Gasteiger partial charge >= 0.3 is 0 Å². The lowest BCUT2D eigenvalue weighted by Crippen LogP contribution is -2.28. The molecule has 0 spiro atoms. The van der Waals surface area contributed by atoms with E-state index >= 15 is 0 Å². The van der Waals surface area contributed by atoms with Crippen LogP contribution in [0.1, 0.15) is 25.5 Å². The Labute approximate surface area is 114 Å². The van der Waals surface area contributed by atoms with E-state index in [2.05, 4.69) is 10.6 Å². The van der Waals surface area contributed by atoms with Gasteiger partial charge in [-0.3, -0.25) is 4.79 Å². The van der Waals surface area contributed by atoms with Crippen LogP contribution >= 0.6 is 0 Å². The summed E-state index contributed by atoms with van der Waals surface area (Å²) in [7, 11) is 3.48. The van der Waals surface area contributed by atoms with Crippen molar-refractivity contribution in [1.82, 2.24) is 10.6 Å². The highest BCUT2D eigenvalue weighted by Crippen LogP contribution is 2.29. The van der Waals surface area contributed by atoms with Gasteiger partial charge in [0.1, 0.15) is 11.5 Å². The van der Waals surface area contributed by atoms with E-state index in [0.717, 1.165) is 5.56 Å². The highest BCUT2D eigenvalue weighted by atomic mass is 16.5. The summed E-state index contributed by atoms with van der Waals surface area (Å²) in [6, 6.07) is 5.74. The van der Waals surface area contributed by atoms with Gasteiger partial charge in [-0.2, -0.15) is 0 Å². The van der Waals surface area contributed by atoms with Gasteiger partial charge in [-0.1, -0.05) is 6.07 Å². The molecule has 1 rings (SSSR count). The van der Waals surface area contributed by atoms with Gasteiger partial charge in [0.15, 0.2) is 6.61 Å². The summed E-state index contributed by atoms with van der Waals surface area (Å²) in [6.07, 6.45) is 0. The maximum Gasteiger partial charge on any atom is 0.257 e. The number of nitrogens with one attached hydrogen (secondary N) is 2. The molecule has 5 nitrogen and oxygen atoms in total. The zero-order valence-corrected chi connectivity index (χ0v) is 11.9. The number of carbonyl (C=O) groups excluding carboxylic acids is 1. The summed E-state index contributed by atoms with van der Waals surface area (Å²) in [6.45, 7) is 4.50. The monoisotopic (exact) mass is 266 g/mol. The van der Waals surface area contributed by atoms with Gasteiger partial charge in [0, 0.05) is 24.2 Å². The van der Waals surface area contributed by atoms with Crippen molar-refractivity contribution in [3.05, 3.63) is 23.8 Å². The molecule has 0 aliphatic heterocycles. The minimum absolute atomic E-state index is 0.00441. The summed E-state index contributed by atoms with van der Waals surface area (Å²) in [5.74, 6) is 1.23. The van der Waals surface area contributed by atoms with Crippen molar-refractivity contribution in [3.63, 3.8) is 0 Å². The van der Waals surface area contributed by atoms with E-state index in [-0.39, 0.29) is 18.6 Å². The Kier molecular flexibility index (Phi) is 6.15. The average Bonchev–Trinajstić information content (AvgIpc) is 2.44. The molecule has 19 heavy (non-hydrogen) atoms. The van der Waals surface area contributed by atoms with Crippen LogP contribution in [0, 0.1) is 0 Å². The van der Waals surface area contributed by atoms with E-state index in [0.29, 0.717) is 18.0 Å². The Morgan fingerprint density at radius 2 is 2.16 bits per heavy atom. The molecule has 0 saturated heterocycles. The molecule has 1 amide bonds. The quantitative estimate of drug-likeness (QED) is 0.785. The van der Waals surface area contributed by atoms with Crippen LogP contribution in [0.25, 0.3) is 0 Å². The number of benzene rings is 1. The van der Waals surface area contributed by atoms with E-state index in [1.54, 1.807) is 13.2 Å². The zero-order chi connectivity index (χ0) is 14.3. The second kappa shape index (κ2) is 7.63. The van der Waals surface area contributed by atoms with Gasteiger partial charge < -0.3 is 20.1 Å². The Morgan fingerprint density at radius 3 is 2.74 bits per heavy atom. The van der Waals surface area contributed by atoms with Crippen molar-refractivity contribution in [3.8, 4) is 11.5 Å². The molecule has 1 aromatic carbocycles. The zero-order valence-electron chi connectivity index (χ0n) is 11.9. The standard InChI is InChI=1S/C14H22N2O3/c1-5-16-14(17)9-19-13-8-11(18-4)6-7-12(13)10(2)15-3/h6-8,10,15H,5,9H2,1-4H3,(H,16,17). The minimum atomic E-state index is -0.131. The molecule has 5 heteroatoms. The lowest BCUT2D eigenvalue weighted by atomic mass is 10.1. The number of carbonyl (C=O) groups is 1. The van der Waals surface area contributed by atoms with Crippen molar-refractivity contribution in [2.24, 2.45) is 0 Å². The number of amides is 1. The number of rotatable bonds is 7. The Hall–Kier alpha value is -1.75. The smallest absolute Gasteiger partial charge is 0.257 e. The first-order chi connectivity index (χ1) is 9.12. The molecule has 106 valence electrons. The number of hydrogen-bond acceptors (Lipinski definition) is 4. The van der Waals surface area contributed by atoms with Gasteiger partial charge in [0.25, 0.3) is 5.91 Å². The molecule has 1 atom stereocenters. The van der Waals surface area contributed by atoms with E-state index in [1.807, 2.05) is 33.0 Å². The predicted molar refractivity (Wildman–Crippen MR) is 74.6 cm³/mol. The van der Waals surface area contributed by atoms with Crippen molar-refractivity contribution >= 4 is 5.91 Å². The number of likely N-dealkylation sites (N-methyl/N-ethyl adjacent to an activating group) is 1. The van der Waals surface area contributed by atoms with Gasteiger partial charge in [-0.15, -0.1) is 0 Å². The van der Waals surface area contributed by atoms with E-state index in [9.17, 15) is 4.79 Å². The fourth-order valence-corrected chi connectivity index (χ4v) is 1.67. The lowest BCUT2D eigenvalue weighted by Gasteiger charge is -2.17. The average molecular weight is 266 g/mol. The number of methoxy groups -OCH3 is 1. The maximum absolute atomic E-state index is 11.4. The van der Waals surface area contributed by atoms with E-state index in [4.69, 9.17) is 9.47 Å². The second-order valence-corrected chi connectivity index (χ2v) is 4.16. The molecule has 0 fully saturated rings. The molecule has 1 unspecified atom stereocenters. The fraction of sp³-hybridized carbons (Fsp3) is 0.500. The van der Waals surface area contributed by atoms with Crippen LogP contribution in [0.2, 0.25) is 0 Å². The highest BCUT2D eigenvalue weighted by Gasteiger charge is 2.12. The normalized spacial score (nSPS) is 11.8. The fourth-order valence-electron chi connectivity index (χ4n) is 1.67. The van der Waals surface area contributed by atoms with Gasteiger partial charge in [0.2, 0.25) is 0 Å². The van der Waals surface area contributed by atoms with E-state index < -0.39 is 0 Å². The molecule has 1 aromatic rings. The topological polar surface area (TPSA) is 59.6 Å². The third kappa shape index (κ3) is 4.44. The molecule has 0 aliphatic carbocycles. The van der Waals surface area contributed by atoms with E-state index in [1.165, 1.54) is 0 Å². The maximum atomic E-state index is 11.4. The molecule has 0 heterocycles. The molecular weight excluding hydrogens is 244 g/mol. The van der Waals surface area contributed by atoms with Crippen molar-refractivity contribution in [1.29, 1.82) is 0 Å². The van der Waals surface area contributed by atoms with Crippen LogP contribution in [-0.4, -0.2) is 33.2 Å². The third-order valence-electron chi connectivity index (χ3n) is 2.85. The third-order valence-corrected chi connectivity index (χ3v) is 2.85. The Bertz CT molecular complexity index is 421. The molecule has 0 aliphatic rings. The summed E-state index contributed by atoms with van der Waals surface area (Å²) in [4.78, 5) is 11.4.